The van der Waals surface area contributed by atoms with Crippen LogP contribution in [0, 0.1) is 0 Å². The van der Waals surface area contributed by atoms with E-state index in [4.69, 9.17) is 5.73 Å². The molecule has 0 amide bonds. The van der Waals surface area contributed by atoms with Crippen LogP contribution >= 0.6 is 15.9 Å². The summed E-state index contributed by atoms with van der Waals surface area (Å²) in [6, 6.07) is 7.19. The molecule has 0 bridgehead atoms. The van der Waals surface area contributed by atoms with Crippen LogP contribution in [0.25, 0.3) is 11.3 Å². The second-order valence-electron chi connectivity index (χ2n) is 4.37. The molecule has 0 unspecified atom stereocenters. The highest BCUT2D eigenvalue weighted by Crippen LogP contribution is 2.34. The third-order valence-corrected chi connectivity index (χ3v) is 3.17. The standard InChI is InChI=1S/C12H13BrFN3/c1-12(2,14)8-4-3-7(5-9(8)13)10-6-11(15)17-16-10/h3-6H,1-2H3,(H3,15,16,17). The Labute approximate surface area is 107 Å². The van der Waals surface area contributed by atoms with Gasteiger partial charge in [0.25, 0.3) is 0 Å². The first-order valence-corrected chi connectivity index (χ1v) is 5.97. The molecule has 3 nitrogen and oxygen atoms in total. The van der Waals surface area contributed by atoms with Gasteiger partial charge in [-0.25, -0.2) is 4.39 Å². The Morgan fingerprint density at radius 1 is 1.35 bits per heavy atom. The number of halogens is 2. The van der Waals surface area contributed by atoms with Gasteiger partial charge < -0.3 is 5.73 Å². The monoisotopic (exact) mass is 297 g/mol. The highest BCUT2D eigenvalue weighted by molar-refractivity contribution is 9.10. The van der Waals surface area contributed by atoms with Crippen molar-refractivity contribution in [2.24, 2.45) is 0 Å². The molecule has 90 valence electrons. The predicted molar refractivity (Wildman–Crippen MR) is 70.3 cm³/mol. The zero-order valence-electron chi connectivity index (χ0n) is 9.59. The summed E-state index contributed by atoms with van der Waals surface area (Å²) in [4.78, 5) is 0. The Morgan fingerprint density at radius 2 is 2.06 bits per heavy atom. The lowest BCUT2D eigenvalue weighted by atomic mass is 9.98. The van der Waals surface area contributed by atoms with E-state index in [1.807, 2.05) is 12.1 Å². The minimum Gasteiger partial charge on any atom is -0.382 e. The lowest BCUT2D eigenvalue weighted by Gasteiger charge is -2.17. The number of hydrogen-bond donors (Lipinski definition) is 2. The summed E-state index contributed by atoms with van der Waals surface area (Å²) in [5, 5.41) is 6.67. The highest BCUT2D eigenvalue weighted by Gasteiger charge is 2.21. The average molecular weight is 298 g/mol. The fourth-order valence-corrected chi connectivity index (χ4v) is 2.50. The van der Waals surface area contributed by atoms with Gasteiger partial charge in [0, 0.05) is 21.7 Å². The quantitative estimate of drug-likeness (QED) is 0.889. The van der Waals surface area contributed by atoms with Crippen molar-refractivity contribution in [2.75, 3.05) is 5.73 Å². The maximum atomic E-state index is 13.9. The second-order valence-corrected chi connectivity index (χ2v) is 5.23. The lowest BCUT2D eigenvalue weighted by Crippen LogP contribution is -2.09. The smallest absolute Gasteiger partial charge is 0.145 e. The second kappa shape index (κ2) is 4.14. The number of nitrogen functional groups attached to an aromatic ring is 1. The maximum Gasteiger partial charge on any atom is 0.145 e. The Morgan fingerprint density at radius 3 is 2.53 bits per heavy atom. The Bertz CT molecular complexity index is 543. The number of H-pyrrole nitrogens is 1. The molecule has 0 saturated heterocycles. The molecule has 0 radical (unpaired) electrons. The summed E-state index contributed by atoms with van der Waals surface area (Å²) in [5.41, 5.74) is 6.51. The number of rotatable bonds is 2. The third kappa shape index (κ3) is 2.49. The van der Waals surface area contributed by atoms with E-state index in [1.165, 1.54) is 13.8 Å². The van der Waals surface area contributed by atoms with Gasteiger partial charge >= 0.3 is 0 Å². The zero-order chi connectivity index (χ0) is 12.6. The Hall–Kier alpha value is -1.36. The van der Waals surface area contributed by atoms with E-state index in [-0.39, 0.29) is 0 Å². The van der Waals surface area contributed by atoms with E-state index < -0.39 is 5.67 Å². The summed E-state index contributed by atoms with van der Waals surface area (Å²) in [7, 11) is 0. The van der Waals surface area contributed by atoms with Gasteiger partial charge in [-0.2, -0.15) is 5.10 Å². The normalized spacial score (nSPS) is 11.8. The molecule has 0 aliphatic rings. The first-order valence-electron chi connectivity index (χ1n) is 5.18. The number of alkyl halides is 1. The van der Waals surface area contributed by atoms with Crippen molar-refractivity contribution in [3.63, 3.8) is 0 Å². The minimum atomic E-state index is -1.37. The molecule has 1 aromatic carbocycles. The van der Waals surface area contributed by atoms with Crippen LogP contribution in [0.2, 0.25) is 0 Å². The van der Waals surface area contributed by atoms with Crippen molar-refractivity contribution < 1.29 is 4.39 Å². The summed E-state index contributed by atoms with van der Waals surface area (Å²) in [6.07, 6.45) is 0. The number of aromatic nitrogens is 2. The van der Waals surface area contributed by atoms with Crippen molar-refractivity contribution in [1.29, 1.82) is 0 Å². The molecule has 1 heterocycles. The number of anilines is 1. The molecular formula is C12H13BrFN3. The van der Waals surface area contributed by atoms with Gasteiger partial charge in [-0.3, -0.25) is 5.10 Å². The molecule has 2 aromatic rings. The van der Waals surface area contributed by atoms with Crippen LogP contribution in [0.5, 0.6) is 0 Å². The van der Waals surface area contributed by atoms with Gasteiger partial charge in [0.2, 0.25) is 0 Å². The van der Waals surface area contributed by atoms with Crippen LogP contribution in [0.3, 0.4) is 0 Å². The Kier molecular flexibility index (Phi) is 2.95. The SMILES string of the molecule is CC(C)(F)c1ccc(-c2cc(N)n[nH]2)cc1Br. The van der Waals surface area contributed by atoms with Gasteiger partial charge in [0.1, 0.15) is 11.5 Å². The van der Waals surface area contributed by atoms with Crippen molar-refractivity contribution in [3.05, 3.63) is 34.3 Å². The van der Waals surface area contributed by atoms with E-state index in [2.05, 4.69) is 26.1 Å². The largest absolute Gasteiger partial charge is 0.382 e. The molecule has 3 N–H and O–H groups in total. The number of nitrogens with one attached hydrogen (secondary N) is 1. The van der Waals surface area contributed by atoms with Crippen molar-refractivity contribution >= 4 is 21.7 Å². The van der Waals surface area contributed by atoms with Gasteiger partial charge in [-0.15, -0.1) is 0 Å². The highest BCUT2D eigenvalue weighted by atomic mass is 79.9. The summed E-state index contributed by atoms with van der Waals surface area (Å²) < 4.78 is 14.6. The van der Waals surface area contributed by atoms with Crippen LogP contribution in [-0.2, 0) is 5.67 Å². The van der Waals surface area contributed by atoms with Crippen LogP contribution in [0.1, 0.15) is 19.4 Å². The minimum absolute atomic E-state index is 0.436. The maximum absolute atomic E-state index is 13.9. The van der Waals surface area contributed by atoms with Crippen LogP contribution in [0.4, 0.5) is 10.2 Å². The molecular weight excluding hydrogens is 285 g/mol. The van der Waals surface area contributed by atoms with Crippen molar-refractivity contribution in [1.82, 2.24) is 10.2 Å². The molecule has 2 rings (SSSR count). The van der Waals surface area contributed by atoms with Crippen molar-refractivity contribution in [3.8, 4) is 11.3 Å². The van der Waals surface area contributed by atoms with E-state index in [9.17, 15) is 4.39 Å². The first kappa shape index (κ1) is 12.1. The van der Waals surface area contributed by atoms with Crippen LogP contribution in [-0.4, -0.2) is 10.2 Å². The molecule has 0 aliphatic carbocycles. The fourth-order valence-electron chi connectivity index (χ4n) is 1.65. The zero-order valence-corrected chi connectivity index (χ0v) is 11.2. The number of benzene rings is 1. The first-order chi connectivity index (χ1) is 7.88. The predicted octanol–water partition coefficient (Wildman–Crippen LogP) is 3.63. The number of nitrogens with two attached hydrogens (primary N) is 1. The van der Waals surface area contributed by atoms with E-state index in [0.29, 0.717) is 11.4 Å². The molecule has 0 atom stereocenters. The van der Waals surface area contributed by atoms with E-state index in [1.54, 1.807) is 12.1 Å². The van der Waals surface area contributed by atoms with Gasteiger partial charge in [0.15, 0.2) is 0 Å². The summed E-state index contributed by atoms with van der Waals surface area (Å²) in [5.74, 6) is 0.436. The molecule has 0 saturated carbocycles. The number of nitrogens with zero attached hydrogens (tertiary/aromatic N) is 1. The van der Waals surface area contributed by atoms with E-state index >= 15 is 0 Å². The third-order valence-electron chi connectivity index (χ3n) is 2.52. The van der Waals surface area contributed by atoms with E-state index in [0.717, 1.165) is 15.7 Å². The Balaban J connectivity index is 2.44. The average Bonchev–Trinajstić information content (AvgIpc) is 2.62. The molecule has 0 spiro atoms. The van der Waals surface area contributed by atoms with Crippen molar-refractivity contribution in [2.45, 2.75) is 19.5 Å². The molecule has 0 fully saturated rings. The van der Waals surface area contributed by atoms with Crippen LogP contribution in [0.15, 0.2) is 28.7 Å². The molecule has 5 heteroatoms. The summed E-state index contributed by atoms with van der Waals surface area (Å²) >= 11 is 3.38. The van der Waals surface area contributed by atoms with Gasteiger partial charge in [-0.05, 0) is 19.9 Å². The molecule has 1 aromatic heterocycles. The van der Waals surface area contributed by atoms with Gasteiger partial charge in [-0.1, -0.05) is 28.1 Å². The molecule has 17 heavy (non-hydrogen) atoms. The van der Waals surface area contributed by atoms with Crippen LogP contribution < -0.4 is 5.73 Å². The number of aromatic amines is 1. The molecule has 0 aliphatic heterocycles. The topological polar surface area (TPSA) is 54.7 Å². The number of hydrogen-bond acceptors (Lipinski definition) is 2. The lowest BCUT2D eigenvalue weighted by molar-refractivity contribution is 0.220. The fraction of sp³-hybridized carbons (Fsp3) is 0.250. The van der Waals surface area contributed by atoms with Gasteiger partial charge in [0.05, 0.1) is 5.69 Å². The summed E-state index contributed by atoms with van der Waals surface area (Å²) in [6.45, 7) is 3.06.